The molecule has 2 nitrogen and oxygen atoms in total. The Balaban J connectivity index is -0.000000220. The van der Waals surface area contributed by atoms with E-state index in [1.165, 1.54) is 70.6 Å². The zero-order valence-electron chi connectivity index (χ0n) is 18.1. The zero-order valence-corrected chi connectivity index (χ0v) is 18.1. The van der Waals surface area contributed by atoms with Gasteiger partial charge in [-0.2, -0.15) is 0 Å². The van der Waals surface area contributed by atoms with Crippen molar-refractivity contribution in [1.82, 2.24) is 9.80 Å². The first-order valence-electron chi connectivity index (χ1n) is 10.2. The standard InChI is InChI=1S/2C5H10.2C4H11N.C3H8/c2*1-2-4-5-3-1;2*1-4-5(2)3;1-3-2/h2*1-5H2;2*4H2,1-3H3;3H2,1-2H3. The fourth-order valence-electron chi connectivity index (χ4n) is 1.77. The van der Waals surface area contributed by atoms with Crippen molar-refractivity contribution in [3.63, 3.8) is 0 Å². The lowest BCUT2D eigenvalue weighted by molar-refractivity contribution is 0.434. The summed E-state index contributed by atoms with van der Waals surface area (Å²) in [5.74, 6) is 0. The summed E-state index contributed by atoms with van der Waals surface area (Å²) in [5.41, 5.74) is 0. The third-order valence-electron chi connectivity index (χ3n) is 3.76. The zero-order chi connectivity index (χ0) is 18.3. The first kappa shape index (κ1) is 27.8. The van der Waals surface area contributed by atoms with Crippen molar-refractivity contribution in [2.45, 2.75) is 98.3 Å². The SMILES string of the molecule is C1CCCC1.C1CCCC1.CCC.CCN(C)C.CCN(C)C. The molecule has 0 atom stereocenters. The van der Waals surface area contributed by atoms with Gasteiger partial charge in [-0.1, -0.05) is 98.3 Å². The Kier molecular flexibility index (Phi) is 32.3. The van der Waals surface area contributed by atoms with Crippen LogP contribution in [0.3, 0.4) is 0 Å². The predicted molar refractivity (Wildman–Crippen MR) is 111 cm³/mol. The average molecular weight is 331 g/mol. The fourth-order valence-corrected chi connectivity index (χ4v) is 1.77. The normalized spacial score (nSPS) is 15.4. The molecule has 23 heavy (non-hydrogen) atoms. The van der Waals surface area contributed by atoms with Crippen LogP contribution in [-0.2, 0) is 0 Å². The summed E-state index contributed by atoms with van der Waals surface area (Å²) in [6.07, 6.45) is 16.2. The van der Waals surface area contributed by atoms with Crippen LogP contribution in [0.25, 0.3) is 0 Å². The van der Waals surface area contributed by atoms with Crippen LogP contribution in [0.15, 0.2) is 0 Å². The highest BCUT2D eigenvalue weighted by Gasteiger charge is 1.95. The lowest BCUT2D eigenvalue weighted by atomic mass is 10.4. The minimum absolute atomic E-state index is 1.14. The molecule has 0 heterocycles. The molecule has 2 heteroatoms. The van der Waals surface area contributed by atoms with Crippen molar-refractivity contribution < 1.29 is 0 Å². The van der Waals surface area contributed by atoms with Gasteiger partial charge in [-0.05, 0) is 41.3 Å². The maximum atomic E-state index is 2.12. The molecule has 2 saturated carbocycles. The van der Waals surface area contributed by atoms with Gasteiger partial charge in [0.2, 0.25) is 0 Å². The molecule has 0 aromatic heterocycles. The Morgan fingerprint density at radius 3 is 0.565 bits per heavy atom. The van der Waals surface area contributed by atoms with Gasteiger partial charge in [-0.15, -0.1) is 0 Å². The van der Waals surface area contributed by atoms with Gasteiger partial charge < -0.3 is 9.80 Å². The molecule has 2 aliphatic carbocycles. The second kappa shape index (κ2) is 26.8. The van der Waals surface area contributed by atoms with E-state index in [4.69, 9.17) is 0 Å². The summed E-state index contributed by atoms with van der Waals surface area (Å²) in [4.78, 5) is 4.25. The Labute approximate surface area is 150 Å². The molecule has 0 radical (unpaired) electrons. The first-order chi connectivity index (χ1) is 11.0. The molecule has 0 saturated heterocycles. The van der Waals surface area contributed by atoms with Gasteiger partial charge in [-0.3, -0.25) is 0 Å². The third kappa shape index (κ3) is 44.9. The van der Waals surface area contributed by atoms with Crippen molar-refractivity contribution >= 4 is 0 Å². The van der Waals surface area contributed by atoms with E-state index in [0.717, 1.165) is 13.1 Å². The van der Waals surface area contributed by atoms with Crippen molar-refractivity contribution in [3.8, 4) is 0 Å². The van der Waals surface area contributed by atoms with Crippen molar-refractivity contribution in [1.29, 1.82) is 0 Å². The van der Waals surface area contributed by atoms with E-state index in [1.54, 1.807) is 0 Å². The van der Waals surface area contributed by atoms with Crippen LogP contribution in [0, 0.1) is 0 Å². The number of hydrogen-bond donors (Lipinski definition) is 0. The number of nitrogens with zero attached hydrogens (tertiary/aromatic N) is 2. The van der Waals surface area contributed by atoms with Gasteiger partial charge in [0.15, 0.2) is 0 Å². The monoisotopic (exact) mass is 330 g/mol. The van der Waals surface area contributed by atoms with Crippen molar-refractivity contribution in [2.24, 2.45) is 0 Å². The van der Waals surface area contributed by atoms with Gasteiger partial charge in [0.05, 0.1) is 0 Å². The molecule has 0 amide bonds. The highest BCUT2D eigenvalue weighted by atomic mass is 15.0. The largest absolute Gasteiger partial charge is 0.310 e. The third-order valence-corrected chi connectivity index (χ3v) is 3.76. The van der Waals surface area contributed by atoms with Gasteiger partial charge in [0.1, 0.15) is 0 Å². The molecule has 144 valence electrons. The summed E-state index contributed by atoms with van der Waals surface area (Å²) in [5, 5.41) is 0. The second-order valence-corrected chi connectivity index (χ2v) is 7.03. The summed E-state index contributed by atoms with van der Waals surface area (Å²) in [6.45, 7) is 10.8. The van der Waals surface area contributed by atoms with Gasteiger partial charge in [0.25, 0.3) is 0 Å². The van der Waals surface area contributed by atoms with Gasteiger partial charge in [0, 0.05) is 0 Å². The van der Waals surface area contributed by atoms with Crippen LogP contribution in [0.1, 0.15) is 98.3 Å². The van der Waals surface area contributed by atoms with Gasteiger partial charge in [-0.25, -0.2) is 0 Å². The summed E-state index contributed by atoms with van der Waals surface area (Å²) in [7, 11) is 8.22. The van der Waals surface area contributed by atoms with Crippen molar-refractivity contribution in [2.75, 3.05) is 41.3 Å². The highest BCUT2D eigenvalue weighted by Crippen LogP contribution is 2.15. The predicted octanol–water partition coefficient (Wildman–Crippen LogP) is 6.45. The molecular weight excluding hydrogens is 280 g/mol. The van der Waals surface area contributed by atoms with Crippen LogP contribution < -0.4 is 0 Å². The smallest absolute Gasteiger partial charge is 0.00533 e. The van der Waals surface area contributed by atoms with Crippen LogP contribution in [0.2, 0.25) is 0 Å². The van der Waals surface area contributed by atoms with E-state index < -0.39 is 0 Å². The highest BCUT2D eigenvalue weighted by molar-refractivity contribution is 4.51. The fraction of sp³-hybridized carbons (Fsp3) is 1.00. The van der Waals surface area contributed by atoms with Gasteiger partial charge >= 0.3 is 0 Å². The van der Waals surface area contributed by atoms with Crippen LogP contribution in [-0.4, -0.2) is 51.1 Å². The van der Waals surface area contributed by atoms with Crippen LogP contribution in [0.5, 0.6) is 0 Å². The molecule has 0 aliphatic heterocycles. The molecule has 2 rings (SSSR count). The lowest BCUT2D eigenvalue weighted by Gasteiger charge is -2.00. The Morgan fingerprint density at radius 2 is 0.522 bits per heavy atom. The Bertz CT molecular complexity index is 126. The maximum Gasteiger partial charge on any atom is -0.00533 e. The quantitative estimate of drug-likeness (QED) is 0.573. The van der Waals surface area contributed by atoms with E-state index in [9.17, 15) is 0 Å². The van der Waals surface area contributed by atoms with E-state index in [2.05, 4.69) is 65.7 Å². The van der Waals surface area contributed by atoms with E-state index in [0.29, 0.717) is 0 Å². The molecule has 2 fully saturated rings. The molecule has 0 aromatic carbocycles. The topological polar surface area (TPSA) is 6.48 Å². The second-order valence-electron chi connectivity index (χ2n) is 7.03. The van der Waals surface area contributed by atoms with E-state index in [-0.39, 0.29) is 0 Å². The number of hydrogen-bond acceptors (Lipinski definition) is 2. The van der Waals surface area contributed by atoms with Crippen LogP contribution >= 0.6 is 0 Å². The van der Waals surface area contributed by atoms with Crippen LogP contribution in [0.4, 0.5) is 0 Å². The van der Waals surface area contributed by atoms with E-state index >= 15 is 0 Å². The van der Waals surface area contributed by atoms with Crippen molar-refractivity contribution in [3.05, 3.63) is 0 Å². The summed E-state index contributed by atoms with van der Waals surface area (Å²) < 4.78 is 0. The number of rotatable bonds is 2. The molecule has 0 bridgehead atoms. The maximum absolute atomic E-state index is 2.12. The lowest BCUT2D eigenvalue weighted by Crippen LogP contribution is -2.08. The molecule has 0 unspecified atom stereocenters. The molecular formula is C21H50N2. The Morgan fingerprint density at radius 1 is 0.435 bits per heavy atom. The minimum Gasteiger partial charge on any atom is -0.310 e. The summed E-state index contributed by atoms with van der Waals surface area (Å²) >= 11 is 0. The summed E-state index contributed by atoms with van der Waals surface area (Å²) in [6, 6.07) is 0. The molecule has 0 spiro atoms. The molecule has 2 aliphatic rings. The first-order valence-corrected chi connectivity index (χ1v) is 10.2. The minimum atomic E-state index is 1.14. The Hall–Kier alpha value is -0.0800. The average Bonchev–Trinajstić information content (AvgIpc) is 3.26. The molecule has 0 aromatic rings. The van der Waals surface area contributed by atoms with E-state index in [1.807, 2.05) is 0 Å². The molecule has 0 N–H and O–H groups in total.